The molecule has 0 bridgehead atoms. The van der Waals surface area contributed by atoms with Gasteiger partial charge in [-0.25, -0.2) is 13.6 Å². The normalized spacial score (nSPS) is 14.9. The van der Waals surface area contributed by atoms with E-state index >= 15 is 0 Å². The summed E-state index contributed by atoms with van der Waals surface area (Å²) >= 11 is 0. The third-order valence-corrected chi connectivity index (χ3v) is 5.99. The standard InChI is InChI=1S/C21H21N3O5S/c1-29-14-3-6-20-16(10-14)13(12-24(20)7-2-8-25)9-18-17-11-15(30(22,27)28)4-5-19(17)23-21(18)26/h3-6,9-12,25H,2,7-8H2,1H3,(H,23,26)(H2,22,27,28)/b18-9+. The van der Waals surface area contributed by atoms with Gasteiger partial charge in [-0.2, -0.15) is 0 Å². The summed E-state index contributed by atoms with van der Waals surface area (Å²) in [5.74, 6) is 0.352. The Hall–Kier alpha value is -3.14. The van der Waals surface area contributed by atoms with Gasteiger partial charge in [-0.05, 0) is 48.9 Å². The van der Waals surface area contributed by atoms with Crippen molar-refractivity contribution in [2.45, 2.75) is 17.9 Å². The average Bonchev–Trinajstić information content (AvgIpc) is 3.22. The van der Waals surface area contributed by atoms with Crippen LogP contribution < -0.4 is 15.2 Å². The van der Waals surface area contributed by atoms with Crippen LogP contribution in [0.5, 0.6) is 5.75 Å². The number of nitrogens with two attached hydrogens (primary N) is 1. The molecule has 0 aliphatic carbocycles. The number of benzene rings is 2. The molecule has 2 aromatic carbocycles. The molecule has 0 saturated carbocycles. The maximum absolute atomic E-state index is 12.6. The van der Waals surface area contributed by atoms with E-state index in [1.54, 1.807) is 13.2 Å². The molecule has 1 aliphatic heterocycles. The maximum atomic E-state index is 12.6. The Bertz CT molecular complexity index is 1290. The summed E-state index contributed by atoms with van der Waals surface area (Å²) in [6, 6.07) is 9.95. The van der Waals surface area contributed by atoms with E-state index in [9.17, 15) is 18.3 Å². The van der Waals surface area contributed by atoms with E-state index < -0.39 is 10.0 Å². The van der Waals surface area contributed by atoms with E-state index in [1.165, 1.54) is 18.2 Å². The van der Waals surface area contributed by atoms with Gasteiger partial charge in [0, 0.05) is 52.6 Å². The van der Waals surface area contributed by atoms with Crippen LogP contribution in [0.1, 0.15) is 17.5 Å². The van der Waals surface area contributed by atoms with Crippen molar-refractivity contribution in [3.63, 3.8) is 0 Å². The molecule has 3 aromatic rings. The van der Waals surface area contributed by atoms with Crippen LogP contribution in [0.2, 0.25) is 0 Å². The number of carbonyl (C=O) groups excluding carboxylic acids is 1. The van der Waals surface area contributed by atoms with Crippen LogP contribution in [0.3, 0.4) is 0 Å². The lowest BCUT2D eigenvalue weighted by Gasteiger charge is -2.04. The smallest absolute Gasteiger partial charge is 0.256 e. The van der Waals surface area contributed by atoms with Gasteiger partial charge < -0.3 is 19.7 Å². The van der Waals surface area contributed by atoms with Crippen LogP contribution in [0.25, 0.3) is 22.6 Å². The fraction of sp³-hybridized carbons (Fsp3) is 0.190. The zero-order valence-corrected chi connectivity index (χ0v) is 17.1. The Morgan fingerprint density at radius 3 is 2.73 bits per heavy atom. The Balaban J connectivity index is 1.89. The number of amides is 1. The quantitative estimate of drug-likeness (QED) is 0.520. The number of hydrogen-bond donors (Lipinski definition) is 3. The summed E-state index contributed by atoms with van der Waals surface area (Å²) < 4.78 is 30.8. The molecular formula is C21H21N3O5S. The molecule has 1 aliphatic rings. The fourth-order valence-electron chi connectivity index (χ4n) is 3.61. The molecule has 0 spiro atoms. The number of methoxy groups -OCH3 is 1. The van der Waals surface area contributed by atoms with Gasteiger partial charge in [0.05, 0.1) is 12.0 Å². The molecule has 0 unspecified atom stereocenters. The first kappa shape index (κ1) is 20.1. The van der Waals surface area contributed by atoms with E-state index in [-0.39, 0.29) is 17.4 Å². The minimum absolute atomic E-state index is 0.0595. The second-order valence-corrected chi connectivity index (χ2v) is 8.56. The van der Waals surface area contributed by atoms with Gasteiger partial charge in [-0.3, -0.25) is 4.79 Å². The highest BCUT2D eigenvalue weighted by molar-refractivity contribution is 7.89. The zero-order valence-electron chi connectivity index (χ0n) is 16.3. The van der Waals surface area contributed by atoms with Crippen LogP contribution >= 0.6 is 0 Å². The van der Waals surface area contributed by atoms with Gasteiger partial charge in [0.25, 0.3) is 5.91 Å². The summed E-state index contributed by atoms with van der Waals surface area (Å²) in [5, 5.41) is 18.1. The van der Waals surface area contributed by atoms with E-state index in [4.69, 9.17) is 9.88 Å². The fourth-order valence-corrected chi connectivity index (χ4v) is 4.15. The number of rotatable bonds is 6. The molecule has 0 saturated heterocycles. The zero-order chi connectivity index (χ0) is 21.5. The predicted octanol–water partition coefficient (Wildman–Crippen LogP) is 2.17. The lowest BCUT2D eigenvalue weighted by atomic mass is 10.0. The molecule has 2 heterocycles. The van der Waals surface area contributed by atoms with Crippen molar-refractivity contribution >= 4 is 44.2 Å². The number of aryl methyl sites for hydroxylation is 1. The molecular weight excluding hydrogens is 406 g/mol. The van der Waals surface area contributed by atoms with E-state index in [0.29, 0.717) is 35.5 Å². The highest BCUT2D eigenvalue weighted by Gasteiger charge is 2.26. The number of carbonyl (C=O) groups is 1. The van der Waals surface area contributed by atoms with E-state index in [2.05, 4.69) is 5.32 Å². The number of fused-ring (bicyclic) bond motifs is 2. The monoisotopic (exact) mass is 427 g/mol. The molecule has 30 heavy (non-hydrogen) atoms. The van der Waals surface area contributed by atoms with Crippen molar-refractivity contribution in [2.75, 3.05) is 19.0 Å². The van der Waals surface area contributed by atoms with Gasteiger partial charge in [0.2, 0.25) is 10.0 Å². The van der Waals surface area contributed by atoms with Gasteiger partial charge in [-0.1, -0.05) is 0 Å². The summed E-state index contributed by atoms with van der Waals surface area (Å²) in [6.07, 6.45) is 4.22. The highest BCUT2D eigenvalue weighted by atomic mass is 32.2. The molecule has 1 aromatic heterocycles. The Morgan fingerprint density at radius 1 is 1.23 bits per heavy atom. The minimum Gasteiger partial charge on any atom is -0.497 e. The molecule has 9 heteroatoms. The van der Waals surface area contributed by atoms with Gasteiger partial charge in [-0.15, -0.1) is 0 Å². The maximum Gasteiger partial charge on any atom is 0.256 e. The summed E-state index contributed by atoms with van der Waals surface area (Å²) in [7, 11) is -2.32. The van der Waals surface area contributed by atoms with Crippen molar-refractivity contribution in [2.24, 2.45) is 5.14 Å². The van der Waals surface area contributed by atoms with E-state index in [1.807, 2.05) is 29.0 Å². The lowest BCUT2D eigenvalue weighted by Crippen LogP contribution is -2.12. The van der Waals surface area contributed by atoms with Crippen LogP contribution in [-0.2, 0) is 21.4 Å². The number of nitrogens with zero attached hydrogens (tertiary/aromatic N) is 1. The number of aliphatic hydroxyl groups excluding tert-OH is 1. The number of primary sulfonamides is 1. The molecule has 8 nitrogen and oxygen atoms in total. The third-order valence-electron chi connectivity index (χ3n) is 5.08. The second kappa shape index (κ2) is 7.60. The first-order valence-corrected chi connectivity index (χ1v) is 10.8. The Morgan fingerprint density at radius 2 is 2.03 bits per heavy atom. The molecule has 4 N–H and O–H groups in total. The molecule has 0 radical (unpaired) electrons. The van der Waals surface area contributed by atoms with E-state index in [0.717, 1.165) is 16.5 Å². The minimum atomic E-state index is -3.90. The van der Waals surface area contributed by atoms with Crippen molar-refractivity contribution in [3.05, 3.63) is 53.7 Å². The molecule has 1 amide bonds. The highest BCUT2D eigenvalue weighted by Crippen LogP contribution is 2.36. The van der Waals surface area contributed by atoms with Crippen LogP contribution in [0.15, 0.2) is 47.5 Å². The topological polar surface area (TPSA) is 124 Å². The Labute approximate surface area is 173 Å². The van der Waals surface area contributed by atoms with Crippen LogP contribution in [0, 0.1) is 0 Å². The molecule has 4 rings (SSSR count). The summed E-state index contributed by atoms with van der Waals surface area (Å²) in [6.45, 7) is 0.680. The number of hydrogen-bond acceptors (Lipinski definition) is 5. The Kier molecular flexibility index (Phi) is 5.10. The number of nitrogens with one attached hydrogen (secondary N) is 1. The number of aromatic nitrogens is 1. The first-order chi connectivity index (χ1) is 14.3. The number of ether oxygens (including phenoxy) is 1. The first-order valence-electron chi connectivity index (χ1n) is 9.30. The summed E-state index contributed by atoms with van der Waals surface area (Å²) in [4.78, 5) is 12.6. The molecule has 0 atom stereocenters. The lowest BCUT2D eigenvalue weighted by molar-refractivity contribution is -0.110. The molecule has 156 valence electrons. The number of aliphatic hydroxyl groups is 1. The summed E-state index contributed by atoms with van der Waals surface area (Å²) in [5.41, 5.74) is 3.07. The predicted molar refractivity (Wildman–Crippen MR) is 115 cm³/mol. The second-order valence-electron chi connectivity index (χ2n) is 7.00. The number of sulfonamides is 1. The SMILES string of the molecule is COc1ccc2c(c1)c(/C=C1/C(=O)Nc3ccc(S(N)(=O)=O)cc31)cn2CCCO. The van der Waals surface area contributed by atoms with Crippen molar-refractivity contribution in [3.8, 4) is 5.75 Å². The van der Waals surface area contributed by atoms with Crippen molar-refractivity contribution in [1.29, 1.82) is 0 Å². The van der Waals surface area contributed by atoms with Crippen molar-refractivity contribution < 1.29 is 23.1 Å². The number of anilines is 1. The average molecular weight is 427 g/mol. The molecule has 0 fully saturated rings. The van der Waals surface area contributed by atoms with Crippen LogP contribution in [0.4, 0.5) is 5.69 Å². The van der Waals surface area contributed by atoms with Gasteiger partial charge >= 0.3 is 0 Å². The third kappa shape index (κ3) is 3.58. The van der Waals surface area contributed by atoms with Crippen molar-refractivity contribution in [1.82, 2.24) is 4.57 Å². The van der Waals surface area contributed by atoms with Gasteiger partial charge in [0.1, 0.15) is 5.75 Å². The van der Waals surface area contributed by atoms with Crippen LogP contribution in [-0.4, -0.2) is 37.7 Å². The van der Waals surface area contributed by atoms with Gasteiger partial charge in [0.15, 0.2) is 0 Å². The largest absolute Gasteiger partial charge is 0.497 e.